The molecule has 0 aromatic carbocycles. The van der Waals surface area contributed by atoms with Crippen LogP contribution in [0.2, 0.25) is 0 Å². The Bertz CT molecular complexity index is 2000. The molecule has 24 unspecified atom stereocenters. The molecule has 30 atom stereocenters. The molecule has 4 aliphatic heterocycles. The van der Waals surface area contributed by atoms with Crippen LogP contribution >= 0.6 is 0 Å². The summed E-state index contributed by atoms with van der Waals surface area (Å²) < 4.78 is 48.9. The van der Waals surface area contributed by atoms with Crippen molar-refractivity contribution < 1.29 is 114 Å². The number of allylic oxidation sites excluding steroid dienone is 2. The van der Waals surface area contributed by atoms with Gasteiger partial charge < -0.3 is 114 Å². The molecule has 0 aromatic heterocycles. The van der Waals surface area contributed by atoms with E-state index in [1.165, 1.54) is 0 Å². The number of aliphatic hydroxyl groups excluding tert-OH is 15. The Hall–Kier alpha value is -1.18. The number of fused-ring (bicyclic) bond motifs is 5. The van der Waals surface area contributed by atoms with Gasteiger partial charge in [0.1, 0.15) is 97.7 Å². The van der Waals surface area contributed by atoms with Gasteiger partial charge in [-0.3, -0.25) is 0 Å². The number of aliphatic hydroxyl groups is 15. The fourth-order valence-corrected chi connectivity index (χ4v) is 16.3. The van der Waals surface area contributed by atoms with E-state index in [1.54, 1.807) is 0 Å². The highest BCUT2D eigenvalue weighted by molar-refractivity contribution is 5.20. The van der Waals surface area contributed by atoms with Crippen molar-refractivity contribution >= 4 is 0 Å². The topological polar surface area (TPSA) is 377 Å². The smallest absolute Gasteiger partial charge is 0.187 e. The fraction of sp³-hybridized carbons (Fsp3) is 0.964. The molecular formula is C55H96O23. The molecule has 454 valence electrons. The molecule has 4 saturated carbocycles. The summed E-state index contributed by atoms with van der Waals surface area (Å²) in [4.78, 5) is 0. The second kappa shape index (κ2) is 24.4. The molecule has 0 radical (unpaired) electrons. The van der Waals surface area contributed by atoms with Gasteiger partial charge in [0.25, 0.3) is 0 Å². The van der Waals surface area contributed by atoms with Crippen molar-refractivity contribution in [3.8, 4) is 0 Å². The molecule has 0 bridgehead atoms. The molecule has 8 rings (SSSR count). The second-order valence-corrected chi connectivity index (χ2v) is 25.7. The molecule has 4 saturated heterocycles. The molecule has 0 aromatic rings. The highest BCUT2D eigenvalue weighted by atomic mass is 16.8. The molecule has 15 N–H and O–H groups in total. The van der Waals surface area contributed by atoms with E-state index in [4.69, 9.17) is 37.9 Å². The van der Waals surface area contributed by atoms with E-state index in [-0.39, 0.29) is 41.9 Å². The van der Waals surface area contributed by atoms with E-state index in [0.29, 0.717) is 38.5 Å². The van der Waals surface area contributed by atoms with Crippen LogP contribution in [0.5, 0.6) is 0 Å². The van der Waals surface area contributed by atoms with Crippen LogP contribution in [0.4, 0.5) is 0 Å². The predicted molar refractivity (Wildman–Crippen MR) is 273 cm³/mol. The zero-order valence-corrected chi connectivity index (χ0v) is 45.8. The molecule has 4 aliphatic carbocycles. The lowest BCUT2D eigenvalue weighted by Crippen LogP contribution is -2.68. The van der Waals surface area contributed by atoms with E-state index in [2.05, 4.69) is 40.7 Å². The standard InChI is InChI=1S/C54H92O23.CH4/c1-23(2)10-9-14-54(8,77-48-44(69)40(65)37(62)29(74-48)22-70-46-42(67)38(63)34(59)26(19-55)71-46)24-11-16-53(7)33(24)25(58)18-31-51(5)15-13-32(50(3,4)30(51)12-17-52(31,53)6)75-49-45(41(66)36(61)28(21-57)73-49)76-47-43(68)39(64)35(60)27(20-56)72-47;/h10,24-49,55-69H,9,11-22H2,1-8H3;1H4/t24-,25?,26?,27?,28?,29?,30-,31+,32?,33?,34?,35?,36?,37?,38?,39?,40+,41?,42?,43?,44?,45?,46?,47?,48?,49?,51?,52?,53+,54-;/m0./s1. The van der Waals surface area contributed by atoms with Crippen LogP contribution in [0.3, 0.4) is 0 Å². The Morgan fingerprint density at radius 3 is 1.63 bits per heavy atom. The van der Waals surface area contributed by atoms with Gasteiger partial charge in [-0.25, -0.2) is 0 Å². The van der Waals surface area contributed by atoms with E-state index < -0.39 is 178 Å². The van der Waals surface area contributed by atoms with Gasteiger partial charge in [0, 0.05) is 0 Å². The quantitative estimate of drug-likeness (QED) is 0.0613. The van der Waals surface area contributed by atoms with Crippen LogP contribution in [0.25, 0.3) is 0 Å². The van der Waals surface area contributed by atoms with Gasteiger partial charge in [-0.1, -0.05) is 53.7 Å². The summed E-state index contributed by atoms with van der Waals surface area (Å²) in [5.41, 5.74) is -1.59. The number of ether oxygens (including phenoxy) is 8. The summed E-state index contributed by atoms with van der Waals surface area (Å²) in [7, 11) is 0. The van der Waals surface area contributed by atoms with Crippen LogP contribution in [0.15, 0.2) is 11.6 Å². The van der Waals surface area contributed by atoms with Gasteiger partial charge in [0.15, 0.2) is 25.2 Å². The first kappa shape index (κ1) is 64.4. The minimum Gasteiger partial charge on any atom is -0.394 e. The van der Waals surface area contributed by atoms with Crippen LogP contribution in [-0.2, 0) is 37.9 Å². The maximum atomic E-state index is 12.8. The lowest BCUT2D eigenvalue weighted by Gasteiger charge is -2.71. The normalized spacial score (nSPS) is 52.0. The largest absolute Gasteiger partial charge is 0.394 e. The molecule has 0 spiro atoms. The molecule has 23 heteroatoms. The lowest BCUT2D eigenvalue weighted by molar-refractivity contribution is -0.378. The van der Waals surface area contributed by atoms with Crippen molar-refractivity contribution in [1.29, 1.82) is 0 Å². The minimum atomic E-state index is -1.82. The molecule has 0 amide bonds. The minimum absolute atomic E-state index is 0. The number of hydrogen-bond donors (Lipinski definition) is 15. The highest BCUT2D eigenvalue weighted by Gasteiger charge is 2.72. The molecule has 8 aliphatic rings. The lowest BCUT2D eigenvalue weighted by atomic mass is 9.35. The molecular weight excluding hydrogens is 1030 g/mol. The first-order chi connectivity index (χ1) is 36.0. The Kier molecular flexibility index (Phi) is 20.2. The van der Waals surface area contributed by atoms with Gasteiger partial charge in [-0.15, -0.1) is 0 Å². The average Bonchev–Trinajstić information content (AvgIpc) is 3.97. The first-order valence-electron chi connectivity index (χ1n) is 27.9. The summed E-state index contributed by atoms with van der Waals surface area (Å²) in [5, 5.41) is 162. The van der Waals surface area contributed by atoms with Gasteiger partial charge in [0.2, 0.25) is 0 Å². The van der Waals surface area contributed by atoms with Crippen molar-refractivity contribution in [2.45, 2.75) is 261 Å². The zero-order valence-electron chi connectivity index (χ0n) is 45.8. The van der Waals surface area contributed by atoms with Crippen LogP contribution in [-0.4, -0.2) is 244 Å². The number of hydrogen-bond acceptors (Lipinski definition) is 23. The summed E-state index contributed by atoms with van der Waals surface area (Å²) >= 11 is 0. The maximum Gasteiger partial charge on any atom is 0.187 e. The van der Waals surface area contributed by atoms with Gasteiger partial charge in [0.05, 0.1) is 44.2 Å². The van der Waals surface area contributed by atoms with Crippen molar-refractivity contribution in [3.63, 3.8) is 0 Å². The fourth-order valence-electron chi connectivity index (χ4n) is 16.3. The van der Waals surface area contributed by atoms with E-state index in [1.807, 2.05) is 20.8 Å². The zero-order chi connectivity index (χ0) is 56.6. The molecule has 23 nitrogen and oxygen atoms in total. The Morgan fingerprint density at radius 1 is 0.551 bits per heavy atom. The van der Waals surface area contributed by atoms with E-state index >= 15 is 0 Å². The van der Waals surface area contributed by atoms with E-state index in [9.17, 15) is 76.6 Å². The maximum absolute atomic E-state index is 12.8. The summed E-state index contributed by atoms with van der Waals surface area (Å²) in [6, 6.07) is 0. The third kappa shape index (κ3) is 11.2. The SMILES string of the molecule is C.CC(C)=CCC[C@](C)(OC1OC(COC2OC(CO)C(O)C(O)C2O)C(O)[C@@H](O)C1O)[C@H]1CC[C@]2(C)C1C(O)C[C@@H]1C3(C)CCC(OC4OC(CO)C(O)C(O)C4OC4OC(CO)C(O)C(O)C4O)C(C)(C)[C@@H]3CCC12C. The van der Waals surface area contributed by atoms with Gasteiger partial charge in [-0.05, 0) is 124 Å². The Labute approximate surface area is 458 Å². The van der Waals surface area contributed by atoms with Crippen molar-refractivity contribution in [2.75, 3.05) is 26.4 Å². The van der Waals surface area contributed by atoms with Crippen LogP contribution in [0.1, 0.15) is 121 Å². The second-order valence-electron chi connectivity index (χ2n) is 25.7. The molecule has 4 heterocycles. The van der Waals surface area contributed by atoms with Crippen molar-refractivity contribution in [3.05, 3.63) is 11.6 Å². The van der Waals surface area contributed by atoms with Crippen LogP contribution in [0, 0.1) is 45.3 Å². The molecule has 8 fully saturated rings. The Morgan fingerprint density at radius 2 is 1.05 bits per heavy atom. The van der Waals surface area contributed by atoms with Crippen LogP contribution < -0.4 is 0 Å². The van der Waals surface area contributed by atoms with Crippen molar-refractivity contribution in [2.24, 2.45) is 45.3 Å². The number of rotatable bonds is 16. The molecule has 78 heavy (non-hydrogen) atoms. The monoisotopic (exact) mass is 1120 g/mol. The summed E-state index contributed by atoms with van der Waals surface area (Å²) in [6.45, 7) is 14.6. The summed E-state index contributed by atoms with van der Waals surface area (Å²) in [6.07, 6.45) is -25.2. The third-order valence-electron chi connectivity index (χ3n) is 20.9. The highest BCUT2D eigenvalue weighted by Crippen LogP contribution is 2.76. The van der Waals surface area contributed by atoms with Gasteiger partial charge in [-0.2, -0.15) is 0 Å². The third-order valence-corrected chi connectivity index (χ3v) is 20.9. The van der Waals surface area contributed by atoms with E-state index in [0.717, 1.165) is 24.8 Å². The Balaban J connectivity index is 0.00000882. The van der Waals surface area contributed by atoms with Gasteiger partial charge >= 0.3 is 0 Å². The van der Waals surface area contributed by atoms with Crippen molar-refractivity contribution in [1.82, 2.24) is 0 Å². The first-order valence-corrected chi connectivity index (χ1v) is 27.9. The summed E-state index contributed by atoms with van der Waals surface area (Å²) in [5.74, 6) is -0.475. The predicted octanol–water partition coefficient (Wildman–Crippen LogP) is -1.57. The average molecular weight is 1130 g/mol.